The molecule has 1 atom stereocenters. The molecule has 1 saturated heterocycles. The lowest BCUT2D eigenvalue weighted by Gasteiger charge is -2.31. The van der Waals surface area contributed by atoms with E-state index in [0.29, 0.717) is 32.0 Å². The maximum Gasteiger partial charge on any atom is 0.253 e. The van der Waals surface area contributed by atoms with Gasteiger partial charge in [-0.15, -0.1) is 0 Å². The van der Waals surface area contributed by atoms with Gasteiger partial charge in [0.25, 0.3) is 5.91 Å². The minimum absolute atomic E-state index is 0.0455. The first-order valence-corrected chi connectivity index (χ1v) is 11.1. The van der Waals surface area contributed by atoms with Crippen molar-refractivity contribution in [3.05, 3.63) is 59.4 Å². The van der Waals surface area contributed by atoms with Crippen LogP contribution in [0.4, 0.5) is 10.1 Å². The SMILES string of the molecule is CC(NC(=O)c1cc(S(=O)(=O)N(C)C)ccc1N1CCOCC1)c1ccc(F)cc1. The Kier molecular flexibility index (Phi) is 6.74. The van der Waals surface area contributed by atoms with Crippen molar-refractivity contribution in [1.29, 1.82) is 0 Å². The molecule has 2 aromatic carbocycles. The van der Waals surface area contributed by atoms with Crippen LogP contribution in [0.15, 0.2) is 47.4 Å². The molecule has 0 saturated carbocycles. The molecule has 1 N–H and O–H groups in total. The molecule has 9 heteroatoms. The Balaban J connectivity index is 1.96. The molecule has 1 aliphatic rings. The van der Waals surface area contributed by atoms with E-state index in [0.717, 1.165) is 9.87 Å². The van der Waals surface area contributed by atoms with Gasteiger partial charge in [-0.1, -0.05) is 12.1 Å². The zero-order chi connectivity index (χ0) is 21.9. The van der Waals surface area contributed by atoms with Crippen molar-refractivity contribution in [2.75, 3.05) is 45.3 Å². The number of halogens is 1. The summed E-state index contributed by atoms with van der Waals surface area (Å²) in [5.74, 6) is -0.752. The highest BCUT2D eigenvalue weighted by Gasteiger charge is 2.25. The Morgan fingerprint density at radius 3 is 2.37 bits per heavy atom. The molecule has 2 aromatic rings. The maximum absolute atomic E-state index is 13.2. The first kappa shape index (κ1) is 22.2. The summed E-state index contributed by atoms with van der Waals surface area (Å²) < 4.78 is 44.9. The standard InChI is InChI=1S/C21H26FN3O4S/c1-15(16-4-6-17(22)7-5-16)23-21(26)19-14-18(30(27,28)24(2)3)8-9-20(19)25-10-12-29-13-11-25/h4-9,14-15H,10-13H2,1-3H3,(H,23,26). The average Bonchev–Trinajstić information content (AvgIpc) is 2.74. The molecule has 7 nitrogen and oxygen atoms in total. The van der Waals surface area contributed by atoms with Gasteiger partial charge < -0.3 is 15.0 Å². The molecule has 1 heterocycles. The molecular formula is C21H26FN3O4S. The number of carbonyl (C=O) groups excluding carboxylic acids is 1. The smallest absolute Gasteiger partial charge is 0.253 e. The Hall–Kier alpha value is -2.49. The zero-order valence-electron chi connectivity index (χ0n) is 17.3. The first-order chi connectivity index (χ1) is 14.2. The van der Waals surface area contributed by atoms with Gasteiger partial charge >= 0.3 is 0 Å². The Morgan fingerprint density at radius 1 is 1.13 bits per heavy atom. The fourth-order valence-corrected chi connectivity index (χ4v) is 4.19. The monoisotopic (exact) mass is 435 g/mol. The van der Waals surface area contributed by atoms with E-state index < -0.39 is 15.9 Å². The van der Waals surface area contributed by atoms with Gasteiger partial charge in [-0.05, 0) is 42.8 Å². The van der Waals surface area contributed by atoms with E-state index in [4.69, 9.17) is 4.74 Å². The van der Waals surface area contributed by atoms with Crippen molar-refractivity contribution >= 4 is 21.6 Å². The molecule has 1 fully saturated rings. The van der Waals surface area contributed by atoms with E-state index >= 15 is 0 Å². The molecule has 0 bridgehead atoms. The normalized spacial score (nSPS) is 15.8. The van der Waals surface area contributed by atoms with E-state index in [1.165, 1.54) is 38.4 Å². The summed E-state index contributed by atoms with van der Waals surface area (Å²) in [5.41, 5.74) is 1.67. The van der Waals surface area contributed by atoms with Gasteiger partial charge in [-0.25, -0.2) is 17.1 Å². The molecule has 0 aromatic heterocycles. The van der Waals surface area contributed by atoms with Gasteiger partial charge in [0, 0.05) is 32.9 Å². The molecule has 1 aliphatic heterocycles. The quantitative estimate of drug-likeness (QED) is 0.754. The molecule has 0 spiro atoms. The van der Waals surface area contributed by atoms with Crippen LogP contribution in [0.3, 0.4) is 0 Å². The lowest BCUT2D eigenvalue weighted by molar-refractivity contribution is 0.0938. The molecule has 30 heavy (non-hydrogen) atoms. The molecule has 3 rings (SSSR count). The lowest BCUT2D eigenvalue weighted by atomic mass is 10.1. The topological polar surface area (TPSA) is 79.0 Å². The minimum Gasteiger partial charge on any atom is -0.378 e. The first-order valence-electron chi connectivity index (χ1n) is 9.66. The van der Waals surface area contributed by atoms with Gasteiger partial charge in [0.2, 0.25) is 10.0 Å². The van der Waals surface area contributed by atoms with Crippen LogP contribution in [-0.2, 0) is 14.8 Å². The summed E-state index contributed by atoms with van der Waals surface area (Å²) in [5, 5.41) is 2.89. The van der Waals surface area contributed by atoms with Crippen LogP contribution in [0.5, 0.6) is 0 Å². The highest BCUT2D eigenvalue weighted by Crippen LogP contribution is 2.27. The number of sulfonamides is 1. The summed E-state index contributed by atoms with van der Waals surface area (Å²) in [6.07, 6.45) is 0. The number of ether oxygens (including phenoxy) is 1. The van der Waals surface area contributed by atoms with Crippen LogP contribution in [0.25, 0.3) is 0 Å². The number of morpholine rings is 1. The van der Waals surface area contributed by atoms with E-state index in [-0.39, 0.29) is 22.3 Å². The number of nitrogens with one attached hydrogen (secondary N) is 1. The van der Waals surface area contributed by atoms with Gasteiger partial charge in [-0.3, -0.25) is 4.79 Å². The second kappa shape index (κ2) is 9.11. The summed E-state index contributed by atoms with van der Waals surface area (Å²) in [6.45, 7) is 4.07. The van der Waals surface area contributed by atoms with Gasteiger partial charge in [0.05, 0.1) is 29.7 Å². The average molecular weight is 436 g/mol. The van der Waals surface area contributed by atoms with Crippen molar-refractivity contribution in [3.63, 3.8) is 0 Å². The molecular weight excluding hydrogens is 409 g/mol. The molecule has 0 radical (unpaired) electrons. The predicted molar refractivity (Wildman–Crippen MR) is 113 cm³/mol. The van der Waals surface area contributed by atoms with Crippen LogP contribution in [0.2, 0.25) is 0 Å². The number of hydrogen-bond donors (Lipinski definition) is 1. The number of benzene rings is 2. The number of carbonyl (C=O) groups is 1. The second-order valence-corrected chi connectivity index (χ2v) is 9.46. The van der Waals surface area contributed by atoms with Gasteiger partial charge in [0.1, 0.15) is 5.82 Å². The third kappa shape index (κ3) is 4.80. The summed E-state index contributed by atoms with van der Waals surface area (Å²) in [7, 11) is -0.805. The van der Waals surface area contributed by atoms with E-state index in [1.54, 1.807) is 25.1 Å². The van der Waals surface area contributed by atoms with Gasteiger partial charge in [0.15, 0.2) is 0 Å². The fourth-order valence-electron chi connectivity index (χ4n) is 3.26. The summed E-state index contributed by atoms with van der Waals surface area (Å²) in [4.78, 5) is 15.2. The molecule has 0 aliphatic carbocycles. The van der Waals surface area contributed by atoms with Crippen LogP contribution < -0.4 is 10.2 Å². The van der Waals surface area contributed by atoms with Crippen molar-refractivity contribution in [2.24, 2.45) is 0 Å². The van der Waals surface area contributed by atoms with Gasteiger partial charge in [-0.2, -0.15) is 0 Å². The highest BCUT2D eigenvalue weighted by molar-refractivity contribution is 7.89. The molecule has 162 valence electrons. The van der Waals surface area contributed by atoms with Crippen molar-refractivity contribution in [3.8, 4) is 0 Å². The maximum atomic E-state index is 13.2. The Morgan fingerprint density at radius 2 is 1.77 bits per heavy atom. The van der Waals surface area contributed by atoms with Crippen LogP contribution >= 0.6 is 0 Å². The minimum atomic E-state index is -3.70. The van der Waals surface area contributed by atoms with E-state index in [2.05, 4.69) is 5.32 Å². The van der Waals surface area contributed by atoms with Crippen molar-refractivity contribution < 1.29 is 22.3 Å². The predicted octanol–water partition coefficient (Wildman–Crippen LogP) is 2.40. The third-order valence-corrected chi connectivity index (χ3v) is 6.87. The lowest BCUT2D eigenvalue weighted by Crippen LogP contribution is -2.38. The number of nitrogens with zero attached hydrogens (tertiary/aromatic N) is 2. The highest BCUT2D eigenvalue weighted by atomic mass is 32.2. The number of anilines is 1. The van der Waals surface area contributed by atoms with Crippen LogP contribution in [0, 0.1) is 5.82 Å². The second-order valence-electron chi connectivity index (χ2n) is 7.31. The Labute approximate surface area is 176 Å². The number of amides is 1. The number of hydrogen-bond acceptors (Lipinski definition) is 5. The number of rotatable bonds is 6. The molecule has 1 amide bonds. The largest absolute Gasteiger partial charge is 0.378 e. The van der Waals surface area contributed by atoms with E-state index in [9.17, 15) is 17.6 Å². The van der Waals surface area contributed by atoms with Crippen molar-refractivity contribution in [2.45, 2.75) is 17.9 Å². The Bertz CT molecular complexity index is 1000. The van der Waals surface area contributed by atoms with Crippen molar-refractivity contribution in [1.82, 2.24) is 9.62 Å². The third-order valence-electron chi connectivity index (χ3n) is 5.06. The summed E-state index contributed by atoms with van der Waals surface area (Å²) >= 11 is 0. The zero-order valence-corrected chi connectivity index (χ0v) is 18.1. The van der Waals surface area contributed by atoms with Crippen LogP contribution in [-0.4, -0.2) is 59.0 Å². The van der Waals surface area contributed by atoms with Crippen LogP contribution in [0.1, 0.15) is 28.9 Å². The molecule has 1 unspecified atom stereocenters. The van der Waals surface area contributed by atoms with E-state index in [1.807, 2.05) is 4.90 Å². The summed E-state index contributed by atoms with van der Waals surface area (Å²) in [6, 6.07) is 10.1. The fraction of sp³-hybridized carbons (Fsp3) is 0.381.